The van der Waals surface area contributed by atoms with Gasteiger partial charge in [-0.15, -0.1) is 0 Å². The van der Waals surface area contributed by atoms with E-state index in [1.54, 1.807) is 0 Å². The van der Waals surface area contributed by atoms with E-state index >= 15 is 0 Å². The average molecular weight is 184 g/mol. The fourth-order valence-corrected chi connectivity index (χ4v) is 0.997. The number of aromatic amines is 2. The molecule has 0 amide bonds. The molecule has 0 saturated heterocycles. The van der Waals surface area contributed by atoms with Crippen molar-refractivity contribution < 1.29 is 5.48 Å². The van der Waals surface area contributed by atoms with Crippen molar-refractivity contribution in [1.82, 2.24) is 19.5 Å². The summed E-state index contributed by atoms with van der Waals surface area (Å²) < 4.78 is 0.987. The second-order valence-corrected chi connectivity index (χ2v) is 2.42. The third-order valence-corrected chi connectivity index (χ3v) is 1.69. The molecule has 0 fully saturated rings. The van der Waals surface area contributed by atoms with Gasteiger partial charge in [0.15, 0.2) is 5.65 Å². The normalized spacial score (nSPS) is 9.92. The second kappa shape index (κ2) is 2.87. The molecule has 0 saturated carbocycles. The standard InChI is InChI=1S/C6H6N4O2.H2O/c1-10-5(11)3-4(8-2-7-3)9-6(10)12;/h2H,1H3,(H,7,8)(H,9,12);1H2. The van der Waals surface area contributed by atoms with Crippen molar-refractivity contribution in [3.05, 3.63) is 27.2 Å². The second-order valence-electron chi connectivity index (χ2n) is 2.42. The van der Waals surface area contributed by atoms with Gasteiger partial charge >= 0.3 is 5.69 Å². The summed E-state index contributed by atoms with van der Waals surface area (Å²) in [6.07, 6.45) is 1.36. The number of H-pyrrole nitrogens is 2. The summed E-state index contributed by atoms with van der Waals surface area (Å²) in [4.78, 5) is 31.1. The molecular weight excluding hydrogens is 176 g/mol. The highest BCUT2D eigenvalue weighted by Gasteiger charge is 2.04. The van der Waals surface area contributed by atoms with Crippen LogP contribution in [0, 0.1) is 0 Å². The first-order valence-electron chi connectivity index (χ1n) is 3.32. The van der Waals surface area contributed by atoms with Crippen molar-refractivity contribution in [2.75, 3.05) is 0 Å². The van der Waals surface area contributed by atoms with E-state index in [2.05, 4.69) is 15.0 Å². The molecule has 0 unspecified atom stereocenters. The maximum Gasteiger partial charge on any atom is 0.329 e. The maximum atomic E-state index is 11.3. The number of imidazole rings is 1. The van der Waals surface area contributed by atoms with E-state index in [9.17, 15) is 9.59 Å². The Morgan fingerprint density at radius 2 is 2.15 bits per heavy atom. The van der Waals surface area contributed by atoms with Crippen LogP contribution in [0.15, 0.2) is 15.9 Å². The molecule has 2 aromatic heterocycles. The minimum Gasteiger partial charge on any atom is -0.412 e. The lowest BCUT2D eigenvalue weighted by atomic mass is 10.5. The van der Waals surface area contributed by atoms with Crippen LogP contribution in [-0.4, -0.2) is 25.0 Å². The minimum absolute atomic E-state index is 0. The Morgan fingerprint density at radius 1 is 1.46 bits per heavy atom. The Bertz CT molecular complexity index is 535. The highest BCUT2D eigenvalue weighted by molar-refractivity contribution is 5.67. The summed E-state index contributed by atoms with van der Waals surface area (Å²) in [6, 6.07) is 0. The lowest BCUT2D eigenvalue weighted by Crippen LogP contribution is -2.32. The SMILES string of the molecule is Cn1c(=O)[nH]c2nc[nH]c2c1=O.O. The molecule has 2 aromatic rings. The van der Waals surface area contributed by atoms with Crippen molar-refractivity contribution in [2.24, 2.45) is 7.05 Å². The Hall–Kier alpha value is -1.89. The van der Waals surface area contributed by atoms with Gasteiger partial charge in [0, 0.05) is 7.05 Å². The Balaban J connectivity index is 0.000000845. The molecule has 0 atom stereocenters. The monoisotopic (exact) mass is 184 g/mol. The van der Waals surface area contributed by atoms with Crippen LogP contribution in [0.3, 0.4) is 0 Å². The van der Waals surface area contributed by atoms with Gasteiger partial charge in [-0.25, -0.2) is 9.78 Å². The number of aromatic nitrogens is 4. The number of fused-ring (bicyclic) bond motifs is 1. The van der Waals surface area contributed by atoms with Gasteiger partial charge in [-0.3, -0.25) is 14.3 Å². The first-order chi connectivity index (χ1) is 5.70. The van der Waals surface area contributed by atoms with Gasteiger partial charge in [-0.2, -0.15) is 0 Å². The zero-order valence-corrected chi connectivity index (χ0v) is 6.79. The van der Waals surface area contributed by atoms with Crippen molar-refractivity contribution in [2.45, 2.75) is 0 Å². The molecule has 0 aliphatic rings. The molecule has 0 aliphatic heterocycles. The first-order valence-corrected chi connectivity index (χ1v) is 3.32. The summed E-state index contributed by atoms with van der Waals surface area (Å²) in [7, 11) is 1.40. The zero-order valence-electron chi connectivity index (χ0n) is 6.79. The van der Waals surface area contributed by atoms with Crippen LogP contribution in [0.4, 0.5) is 0 Å². The minimum atomic E-state index is -0.459. The van der Waals surface area contributed by atoms with Crippen LogP contribution in [0.5, 0.6) is 0 Å². The van der Waals surface area contributed by atoms with Gasteiger partial charge < -0.3 is 10.5 Å². The molecule has 7 nitrogen and oxygen atoms in total. The van der Waals surface area contributed by atoms with Crippen LogP contribution in [0.2, 0.25) is 0 Å². The quantitative estimate of drug-likeness (QED) is 0.499. The summed E-state index contributed by atoms with van der Waals surface area (Å²) in [5, 5.41) is 0. The molecule has 7 heteroatoms. The van der Waals surface area contributed by atoms with Gasteiger partial charge in [0.05, 0.1) is 6.33 Å². The lowest BCUT2D eigenvalue weighted by molar-refractivity contribution is 0.790. The first kappa shape index (κ1) is 9.20. The number of hydrogen-bond acceptors (Lipinski definition) is 3. The summed E-state index contributed by atoms with van der Waals surface area (Å²) in [5.74, 6) is 0. The lowest BCUT2D eigenvalue weighted by Gasteiger charge is -1.93. The molecule has 0 radical (unpaired) electrons. The van der Waals surface area contributed by atoms with Gasteiger partial charge in [0.1, 0.15) is 5.52 Å². The van der Waals surface area contributed by atoms with Crippen molar-refractivity contribution in [3.63, 3.8) is 0 Å². The fourth-order valence-electron chi connectivity index (χ4n) is 0.997. The van der Waals surface area contributed by atoms with E-state index < -0.39 is 5.69 Å². The Labute approximate surface area is 71.4 Å². The molecule has 70 valence electrons. The maximum absolute atomic E-state index is 11.3. The highest BCUT2D eigenvalue weighted by atomic mass is 16.2. The van der Waals surface area contributed by atoms with E-state index in [1.807, 2.05) is 0 Å². The predicted octanol–water partition coefficient (Wildman–Crippen LogP) is -1.87. The topological polar surface area (TPSA) is 115 Å². The highest BCUT2D eigenvalue weighted by Crippen LogP contribution is 1.93. The van der Waals surface area contributed by atoms with Gasteiger partial charge in [-0.1, -0.05) is 0 Å². The van der Waals surface area contributed by atoms with E-state index in [-0.39, 0.29) is 11.0 Å². The van der Waals surface area contributed by atoms with Gasteiger partial charge in [0.25, 0.3) is 5.56 Å². The third-order valence-electron chi connectivity index (χ3n) is 1.69. The molecule has 2 heterocycles. The van der Waals surface area contributed by atoms with Crippen LogP contribution in [-0.2, 0) is 7.05 Å². The summed E-state index contributed by atoms with van der Waals surface area (Å²) in [5.41, 5.74) is -0.217. The van der Waals surface area contributed by atoms with Crippen LogP contribution >= 0.6 is 0 Å². The predicted molar refractivity (Wildman–Crippen MR) is 45.6 cm³/mol. The summed E-state index contributed by atoms with van der Waals surface area (Å²) in [6.45, 7) is 0. The zero-order chi connectivity index (χ0) is 8.72. The molecular formula is C6H8N4O3. The van der Waals surface area contributed by atoms with Gasteiger partial charge in [-0.05, 0) is 0 Å². The molecule has 13 heavy (non-hydrogen) atoms. The van der Waals surface area contributed by atoms with E-state index in [1.165, 1.54) is 13.4 Å². The van der Waals surface area contributed by atoms with Crippen LogP contribution < -0.4 is 11.2 Å². The largest absolute Gasteiger partial charge is 0.412 e. The van der Waals surface area contributed by atoms with Crippen molar-refractivity contribution >= 4 is 11.2 Å². The molecule has 2 rings (SSSR count). The number of nitrogens with one attached hydrogen (secondary N) is 2. The summed E-state index contributed by atoms with van der Waals surface area (Å²) >= 11 is 0. The molecule has 0 bridgehead atoms. The Morgan fingerprint density at radius 3 is 2.85 bits per heavy atom. The van der Waals surface area contributed by atoms with E-state index in [4.69, 9.17) is 0 Å². The number of rotatable bonds is 0. The van der Waals surface area contributed by atoms with Gasteiger partial charge in [0.2, 0.25) is 0 Å². The van der Waals surface area contributed by atoms with Crippen molar-refractivity contribution in [3.8, 4) is 0 Å². The third kappa shape index (κ3) is 1.14. The van der Waals surface area contributed by atoms with Crippen LogP contribution in [0.1, 0.15) is 0 Å². The smallest absolute Gasteiger partial charge is 0.329 e. The average Bonchev–Trinajstić information content (AvgIpc) is 2.48. The number of hydrogen-bond donors (Lipinski definition) is 2. The number of nitrogens with zero attached hydrogens (tertiary/aromatic N) is 2. The Kier molecular flexibility index (Phi) is 2.03. The van der Waals surface area contributed by atoms with E-state index in [0.29, 0.717) is 11.2 Å². The molecule has 0 spiro atoms. The van der Waals surface area contributed by atoms with Crippen molar-refractivity contribution in [1.29, 1.82) is 0 Å². The molecule has 0 aromatic carbocycles. The fraction of sp³-hybridized carbons (Fsp3) is 0.167. The van der Waals surface area contributed by atoms with E-state index in [0.717, 1.165) is 4.57 Å². The van der Waals surface area contributed by atoms with Crippen LogP contribution in [0.25, 0.3) is 11.2 Å². The molecule has 4 N–H and O–H groups in total. The molecule has 0 aliphatic carbocycles.